The van der Waals surface area contributed by atoms with Crippen molar-refractivity contribution in [1.82, 2.24) is 4.98 Å². The van der Waals surface area contributed by atoms with E-state index in [2.05, 4.69) is 28.6 Å². The number of amides is 1. The second-order valence-electron chi connectivity index (χ2n) is 5.75. The Morgan fingerprint density at radius 2 is 1.88 bits per heavy atom. The van der Waals surface area contributed by atoms with E-state index in [1.807, 2.05) is 36.4 Å². The number of methoxy groups -OCH3 is 1. The third kappa shape index (κ3) is 4.19. The molecule has 0 aliphatic heterocycles. The predicted molar refractivity (Wildman–Crippen MR) is 104 cm³/mol. The first-order valence-electron chi connectivity index (χ1n) is 8.46. The van der Waals surface area contributed by atoms with E-state index in [1.54, 1.807) is 31.5 Å². The van der Waals surface area contributed by atoms with E-state index in [0.717, 1.165) is 17.8 Å². The summed E-state index contributed by atoms with van der Waals surface area (Å²) in [5.41, 5.74) is 4.12. The van der Waals surface area contributed by atoms with E-state index in [9.17, 15) is 4.79 Å². The lowest BCUT2D eigenvalue weighted by molar-refractivity contribution is 0.102. The minimum absolute atomic E-state index is 0.265. The molecule has 0 fully saturated rings. The number of hydrogen-bond acceptors (Lipinski definition) is 4. The van der Waals surface area contributed by atoms with Crippen molar-refractivity contribution in [2.75, 3.05) is 17.7 Å². The molecule has 1 heterocycles. The monoisotopic (exact) mass is 347 g/mol. The van der Waals surface area contributed by atoms with Crippen molar-refractivity contribution in [2.45, 2.75) is 13.3 Å². The molecule has 3 rings (SSSR count). The van der Waals surface area contributed by atoms with Crippen LogP contribution >= 0.6 is 0 Å². The minimum Gasteiger partial charge on any atom is -0.497 e. The summed E-state index contributed by atoms with van der Waals surface area (Å²) < 4.78 is 5.16. The van der Waals surface area contributed by atoms with Gasteiger partial charge in [-0.25, -0.2) is 4.98 Å². The number of rotatable bonds is 6. The summed E-state index contributed by atoms with van der Waals surface area (Å²) in [5.74, 6) is 0.420. The van der Waals surface area contributed by atoms with Crippen LogP contribution in [0.1, 0.15) is 23.0 Å². The van der Waals surface area contributed by atoms with E-state index in [-0.39, 0.29) is 5.91 Å². The predicted octanol–water partition coefficient (Wildman–Crippen LogP) is 4.65. The molecule has 0 spiro atoms. The summed E-state index contributed by atoms with van der Waals surface area (Å²) in [6.07, 6.45) is 2.60. The van der Waals surface area contributed by atoms with Gasteiger partial charge in [0.05, 0.1) is 19.0 Å². The lowest BCUT2D eigenvalue weighted by atomic mass is 10.1. The summed E-state index contributed by atoms with van der Waals surface area (Å²) in [6, 6.07) is 18.9. The smallest absolute Gasteiger partial charge is 0.274 e. The standard InChI is InChI=1S/C21H21N3O2/c1-3-15-7-4-5-10-19(15)23-17-11-12-20(22-14-17)21(25)24-16-8-6-9-18(13-16)26-2/h4-14,23H,3H2,1-2H3,(H,24,25). The zero-order chi connectivity index (χ0) is 18.4. The van der Waals surface area contributed by atoms with Crippen molar-refractivity contribution in [3.8, 4) is 5.75 Å². The molecule has 5 nitrogen and oxygen atoms in total. The zero-order valence-electron chi connectivity index (χ0n) is 14.8. The van der Waals surface area contributed by atoms with Crippen molar-refractivity contribution in [2.24, 2.45) is 0 Å². The van der Waals surface area contributed by atoms with Gasteiger partial charge in [0.25, 0.3) is 5.91 Å². The molecular formula is C21H21N3O2. The first kappa shape index (κ1) is 17.5. The molecule has 2 N–H and O–H groups in total. The summed E-state index contributed by atoms with van der Waals surface area (Å²) in [5, 5.41) is 6.16. The van der Waals surface area contributed by atoms with Gasteiger partial charge < -0.3 is 15.4 Å². The quantitative estimate of drug-likeness (QED) is 0.681. The van der Waals surface area contributed by atoms with Gasteiger partial charge in [-0.3, -0.25) is 4.79 Å². The Labute approximate surface area is 153 Å². The number of pyridine rings is 1. The molecule has 0 aliphatic rings. The van der Waals surface area contributed by atoms with Crippen LogP contribution in [0.4, 0.5) is 17.1 Å². The maximum absolute atomic E-state index is 12.3. The van der Waals surface area contributed by atoms with Gasteiger partial charge in [0.2, 0.25) is 0 Å². The largest absolute Gasteiger partial charge is 0.497 e. The number of aryl methyl sites for hydroxylation is 1. The maximum atomic E-state index is 12.3. The number of ether oxygens (including phenoxy) is 1. The van der Waals surface area contributed by atoms with Gasteiger partial charge in [0.1, 0.15) is 11.4 Å². The second kappa shape index (κ2) is 8.16. The van der Waals surface area contributed by atoms with E-state index < -0.39 is 0 Å². The highest BCUT2D eigenvalue weighted by molar-refractivity contribution is 6.03. The van der Waals surface area contributed by atoms with Gasteiger partial charge in [-0.1, -0.05) is 31.2 Å². The van der Waals surface area contributed by atoms with Crippen LogP contribution in [-0.2, 0) is 6.42 Å². The molecule has 26 heavy (non-hydrogen) atoms. The fourth-order valence-electron chi connectivity index (χ4n) is 2.60. The molecule has 0 saturated carbocycles. The minimum atomic E-state index is -0.265. The Hall–Kier alpha value is -3.34. The van der Waals surface area contributed by atoms with E-state index in [0.29, 0.717) is 17.1 Å². The van der Waals surface area contributed by atoms with Crippen LogP contribution in [0.2, 0.25) is 0 Å². The first-order valence-corrected chi connectivity index (χ1v) is 8.46. The molecule has 0 unspecified atom stereocenters. The molecule has 2 aromatic carbocycles. The van der Waals surface area contributed by atoms with Crippen molar-refractivity contribution in [1.29, 1.82) is 0 Å². The van der Waals surface area contributed by atoms with Crippen LogP contribution in [0.15, 0.2) is 66.9 Å². The maximum Gasteiger partial charge on any atom is 0.274 e. The molecule has 3 aromatic rings. The van der Waals surface area contributed by atoms with Crippen LogP contribution in [0.5, 0.6) is 5.75 Å². The highest BCUT2D eigenvalue weighted by Crippen LogP contribution is 2.21. The number of anilines is 3. The van der Waals surface area contributed by atoms with E-state index in [4.69, 9.17) is 4.74 Å². The molecule has 0 bridgehead atoms. The SMILES string of the molecule is CCc1ccccc1Nc1ccc(C(=O)Nc2cccc(OC)c2)nc1. The van der Waals surface area contributed by atoms with Crippen molar-refractivity contribution < 1.29 is 9.53 Å². The number of nitrogens with zero attached hydrogens (tertiary/aromatic N) is 1. The van der Waals surface area contributed by atoms with E-state index in [1.165, 1.54) is 5.56 Å². The van der Waals surface area contributed by atoms with Crippen LogP contribution in [0.25, 0.3) is 0 Å². The molecule has 5 heteroatoms. The Morgan fingerprint density at radius 3 is 2.62 bits per heavy atom. The van der Waals surface area contributed by atoms with Gasteiger partial charge in [0.15, 0.2) is 0 Å². The molecule has 0 radical (unpaired) electrons. The topological polar surface area (TPSA) is 63.2 Å². The van der Waals surface area contributed by atoms with Gasteiger partial charge in [-0.15, -0.1) is 0 Å². The third-order valence-electron chi connectivity index (χ3n) is 4.00. The molecule has 0 atom stereocenters. The Bertz CT molecular complexity index is 892. The fourth-order valence-corrected chi connectivity index (χ4v) is 2.60. The molecule has 1 amide bonds. The van der Waals surface area contributed by atoms with Gasteiger partial charge in [0, 0.05) is 17.4 Å². The molecule has 0 saturated heterocycles. The van der Waals surface area contributed by atoms with E-state index >= 15 is 0 Å². The zero-order valence-corrected chi connectivity index (χ0v) is 14.8. The fraction of sp³-hybridized carbons (Fsp3) is 0.143. The van der Waals surface area contributed by atoms with Crippen LogP contribution < -0.4 is 15.4 Å². The first-order chi connectivity index (χ1) is 12.7. The van der Waals surface area contributed by atoms with Gasteiger partial charge in [-0.05, 0) is 42.3 Å². The van der Waals surface area contributed by atoms with Gasteiger partial charge in [-0.2, -0.15) is 0 Å². The molecular weight excluding hydrogens is 326 g/mol. The Balaban J connectivity index is 1.69. The van der Waals surface area contributed by atoms with Crippen LogP contribution in [0, 0.1) is 0 Å². The number of aromatic nitrogens is 1. The molecule has 132 valence electrons. The summed E-state index contributed by atoms with van der Waals surface area (Å²) in [6.45, 7) is 2.12. The van der Waals surface area contributed by atoms with Crippen molar-refractivity contribution >= 4 is 23.0 Å². The number of carbonyl (C=O) groups excluding carboxylic acids is 1. The summed E-state index contributed by atoms with van der Waals surface area (Å²) >= 11 is 0. The van der Waals surface area contributed by atoms with Crippen molar-refractivity contribution in [3.05, 3.63) is 78.1 Å². The number of nitrogens with one attached hydrogen (secondary N) is 2. The highest BCUT2D eigenvalue weighted by atomic mass is 16.5. The van der Waals surface area contributed by atoms with Crippen LogP contribution in [0.3, 0.4) is 0 Å². The average Bonchev–Trinajstić information content (AvgIpc) is 2.69. The molecule has 0 aliphatic carbocycles. The molecule has 1 aromatic heterocycles. The number of benzene rings is 2. The third-order valence-corrected chi connectivity index (χ3v) is 4.00. The normalized spacial score (nSPS) is 10.2. The Morgan fingerprint density at radius 1 is 1.04 bits per heavy atom. The lowest BCUT2D eigenvalue weighted by Crippen LogP contribution is -2.13. The number of para-hydroxylation sites is 1. The lowest BCUT2D eigenvalue weighted by Gasteiger charge is -2.11. The summed E-state index contributed by atoms with van der Waals surface area (Å²) in [7, 11) is 1.59. The number of carbonyl (C=O) groups is 1. The van der Waals surface area contributed by atoms with Crippen LogP contribution in [-0.4, -0.2) is 18.0 Å². The average molecular weight is 347 g/mol. The highest BCUT2D eigenvalue weighted by Gasteiger charge is 2.09. The number of hydrogen-bond donors (Lipinski definition) is 2. The summed E-state index contributed by atoms with van der Waals surface area (Å²) in [4.78, 5) is 16.6. The van der Waals surface area contributed by atoms with Crippen molar-refractivity contribution in [3.63, 3.8) is 0 Å². The Kier molecular flexibility index (Phi) is 5.49. The second-order valence-corrected chi connectivity index (χ2v) is 5.75. The van der Waals surface area contributed by atoms with Gasteiger partial charge >= 0.3 is 0 Å².